The van der Waals surface area contributed by atoms with Gasteiger partial charge in [0, 0.05) is 22.3 Å². The topological polar surface area (TPSA) is 18.5 Å². The Balaban J connectivity index is 1.24. The van der Waals surface area contributed by atoms with Gasteiger partial charge in [-0.25, -0.2) is 0 Å². The highest BCUT2D eigenvalue weighted by atomic mass is 16.5. The largest absolute Gasteiger partial charge is 0.493 e. The lowest BCUT2D eigenvalue weighted by Crippen LogP contribution is -2.17. The number of ether oxygens (including phenoxy) is 2. The van der Waals surface area contributed by atoms with Crippen LogP contribution in [0, 0.1) is 35.5 Å². The Morgan fingerprint density at radius 1 is 0.330 bits per heavy atom. The van der Waals surface area contributed by atoms with E-state index in [1.165, 1.54) is 60.8 Å². The van der Waals surface area contributed by atoms with Crippen LogP contribution in [0.2, 0.25) is 0 Å². The molecule has 0 saturated carbocycles. The first-order chi connectivity index (χ1) is 41.6. The van der Waals surface area contributed by atoms with Crippen molar-refractivity contribution in [2.45, 2.75) is 184 Å². The van der Waals surface area contributed by atoms with Crippen LogP contribution < -0.4 is 9.47 Å². The van der Waals surface area contributed by atoms with Crippen LogP contribution >= 0.6 is 0 Å². The van der Waals surface area contributed by atoms with Gasteiger partial charge in [0.2, 0.25) is 0 Å². The second kappa shape index (κ2) is 29.5. The van der Waals surface area contributed by atoms with Crippen molar-refractivity contribution in [3.63, 3.8) is 0 Å². The molecule has 0 N–H and O–H groups in total. The van der Waals surface area contributed by atoms with E-state index >= 15 is 0 Å². The van der Waals surface area contributed by atoms with Gasteiger partial charge < -0.3 is 9.47 Å². The van der Waals surface area contributed by atoms with Gasteiger partial charge in [-0.15, -0.1) is 0 Å². The molecule has 0 aliphatic carbocycles. The zero-order chi connectivity index (χ0) is 64.1. The SMILES string of the molecule is C=C(c1ccc(C(=C)c2cc(C(=C)c3cc(C(C)(C)C)cc(C(C)(C)C)c3)cc(C(=C)c3cc(C(C)(C)C)cc(C(C)(C)C)c3)c2)cc1)c1cc(C#Cc2ccc(OCC(CC)CCCC)cc2)cc(C#Cc2ccc(OCC(CC)CCCC)cc2)c1. The third-order valence-electron chi connectivity index (χ3n) is 17.3. The van der Waals surface area contributed by atoms with Crippen molar-refractivity contribution in [2.75, 3.05) is 13.2 Å². The molecule has 0 spiro atoms. The van der Waals surface area contributed by atoms with E-state index in [1.54, 1.807) is 0 Å². The number of rotatable bonds is 22. The molecular formula is C86H102O2. The molecule has 7 aromatic rings. The molecule has 0 aromatic heterocycles. The monoisotopic (exact) mass is 1170 g/mol. The molecule has 2 nitrogen and oxygen atoms in total. The molecule has 0 radical (unpaired) electrons. The fraction of sp³-hybridized carbons (Fsp3) is 0.372. The van der Waals surface area contributed by atoms with E-state index in [-0.39, 0.29) is 21.7 Å². The minimum absolute atomic E-state index is 0.0513. The molecular weight excluding hydrogens is 1060 g/mol. The predicted octanol–water partition coefficient (Wildman–Crippen LogP) is 23.1. The summed E-state index contributed by atoms with van der Waals surface area (Å²) in [7, 11) is 0. The highest BCUT2D eigenvalue weighted by Gasteiger charge is 2.25. The molecule has 2 unspecified atom stereocenters. The van der Waals surface area contributed by atoms with E-state index < -0.39 is 0 Å². The van der Waals surface area contributed by atoms with Crippen LogP contribution in [-0.4, -0.2) is 13.2 Å². The fourth-order valence-electron chi connectivity index (χ4n) is 10.8. The summed E-state index contributed by atoms with van der Waals surface area (Å²) >= 11 is 0. The van der Waals surface area contributed by atoms with E-state index in [9.17, 15) is 0 Å². The first-order valence-corrected chi connectivity index (χ1v) is 32.6. The van der Waals surface area contributed by atoms with Crippen molar-refractivity contribution >= 4 is 22.3 Å². The van der Waals surface area contributed by atoms with Gasteiger partial charge in [-0.05, 0) is 220 Å². The zero-order valence-electron chi connectivity index (χ0n) is 56.7. The Bertz CT molecular complexity index is 3440. The standard InChI is InChI=1S/C86H102O2/c1-21-25-27-63(23-3)57-87-81-41-33-65(34-42-81)29-31-67-45-68(32-30-66-35-43-82(44-36-66)88-58-64(24-4)28-26-22-2)47-71(46-67)59(5)69-37-39-70(40-38-69)60(6)72-48-73(61(7)75-51-77(83(9,10)11)55-78(52-75)84(12,13)14)50-74(49-72)62(8)76-53-79(85(15,16)17)56-80(54-76)86(18,19)20/h33-56,63-64H,5-8,21-28,57-58H2,1-4,9-20H3. The van der Waals surface area contributed by atoms with E-state index in [0.717, 1.165) is 127 Å². The summed E-state index contributed by atoms with van der Waals surface area (Å²) in [6.07, 6.45) is 9.50. The zero-order valence-corrected chi connectivity index (χ0v) is 56.7. The van der Waals surface area contributed by atoms with Crippen molar-refractivity contribution in [3.05, 3.63) is 261 Å². The highest BCUT2D eigenvalue weighted by Crippen LogP contribution is 2.39. The molecule has 0 aliphatic rings. The summed E-state index contributed by atoms with van der Waals surface area (Å²) in [4.78, 5) is 0. The van der Waals surface area contributed by atoms with Gasteiger partial charge in [0.15, 0.2) is 0 Å². The molecule has 0 amide bonds. The average molecular weight is 1170 g/mol. The van der Waals surface area contributed by atoms with Gasteiger partial charge >= 0.3 is 0 Å². The normalized spacial score (nSPS) is 12.5. The van der Waals surface area contributed by atoms with Gasteiger partial charge in [0.1, 0.15) is 11.5 Å². The lowest BCUT2D eigenvalue weighted by atomic mass is 9.77. The van der Waals surface area contributed by atoms with Crippen LogP contribution in [0.15, 0.2) is 172 Å². The average Bonchev–Trinajstić information content (AvgIpc) is 1.97. The Hall–Kier alpha value is -7.78. The predicted molar refractivity (Wildman–Crippen MR) is 382 cm³/mol. The van der Waals surface area contributed by atoms with Gasteiger partial charge in [-0.3, -0.25) is 0 Å². The molecule has 88 heavy (non-hydrogen) atoms. The lowest BCUT2D eigenvalue weighted by molar-refractivity contribution is 0.233. The van der Waals surface area contributed by atoms with Gasteiger partial charge in [-0.2, -0.15) is 0 Å². The Morgan fingerprint density at radius 2 is 0.602 bits per heavy atom. The van der Waals surface area contributed by atoms with E-state index in [4.69, 9.17) is 35.8 Å². The summed E-state index contributed by atoms with van der Waals surface area (Å²) in [6, 6.07) is 52.1. The van der Waals surface area contributed by atoms with Crippen LogP contribution in [0.4, 0.5) is 0 Å². The summed E-state index contributed by atoms with van der Waals surface area (Å²) in [5.41, 5.74) is 20.4. The van der Waals surface area contributed by atoms with Crippen molar-refractivity contribution < 1.29 is 9.47 Å². The maximum absolute atomic E-state index is 6.24. The second-order valence-electron chi connectivity index (χ2n) is 28.7. The van der Waals surface area contributed by atoms with E-state index in [2.05, 4.69) is 232 Å². The summed E-state index contributed by atoms with van der Waals surface area (Å²) < 4.78 is 12.5. The summed E-state index contributed by atoms with van der Waals surface area (Å²) in [6.45, 7) is 57.1. The second-order valence-corrected chi connectivity index (χ2v) is 28.7. The first-order valence-electron chi connectivity index (χ1n) is 32.6. The Kier molecular flexibility index (Phi) is 22.7. The summed E-state index contributed by atoms with van der Waals surface area (Å²) in [5, 5.41) is 0. The maximum Gasteiger partial charge on any atom is 0.119 e. The third-order valence-corrected chi connectivity index (χ3v) is 17.3. The van der Waals surface area contributed by atoms with Crippen molar-refractivity contribution in [2.24, 2.45) is 11.8 Å². The number of benzene rings is 7. The highest BCUT2D eigenvalue weighted by molar-refractivity contribution is 5.90. The van der Waals surface area contributed by atoms with Gasteiger partial charge in [0.25, 0.3) is 0 Å². The molecule has 0 fully saturated rings. The minimum atomic E-state index is -0.0513. The minimum Gasteiger partial charge on any atom is -0.493 e. The molecule has 7 aromatic carbocycles. The molecule has 0 saturated heterocycles. The van der Waals surface area contributed by atoms with Crippen LogP contribution in [0.3, 0.4) is 0 Å². The van der Waals surface area contributed by atoms with Crippen LogP contribution in [0.1, 0.15) is 251 Å². The smallest absolute Gasteiger partial charge is 0.119 e. The molecule has 2 atom stereocenters. The molecule has 0 aliphatic heterocycles. The van der Waals surface area contributed by atoms with Crippen LogP contribution in [0.25, 0.3) is 22.3 Å². The maximum atomic E-state index is 6.24. The third kappa shape index (κ3) is 18.6. The van der Waals surface area contributed by atoms with Crippen molar-refractivity contribution in [3.8, 4) is 35.2 Å². The molecule has 0 bridgehead atoms. The molecule has 2 heteroatoms. The lowest BCUT2D eigenvalue weighted by Gasteiger charge is -2.27. The molecule has 458 valence electrons. The Morgan fingerprint density at radius 3 is 0.886 bits per heavy atom. The number of unbranched alkanes of at least 4 members (excludes halogenated alkanes) is 2. The van der Waals surface area contributed by atoms with Crippen molar-refractivity contribution in [1.29, 1.82) is 0 Å². The van der Waals surface area contributed by atoms with Crippen LogP contribution in [0.5, 0.6) is 11.5 Å². The molecule has 0 heterocycles. The Labute approximate surface area is 533 Å². The van der Waals surface area contributed by atoms with Gasteiger partial charge in [-0.1, -0.05) is 260 Å². The van der Waals surface area contributed by atoms with E-state index in [0.29, 0.717) is 11.8 Å². The number of hydrogen-bond acceptors (Lipinski definition) is 2. The fourth-order valence-corrected chi connectivity index (χ4v) is 10.8. The first kappa shape index (κ1) is 67.7. The van der Waals surface area contributed by atoms with E-state index in [1.807, 2.05) is 48.5 Å². The summed E-state index contributed by atoms with van der Waals surface area (Å²) in [5.74, 6) is 16.7. The quantitative estimate of drug-likeness (QED) is 0.0630. The van der Waals surface area contributed by atoms with Gasteiger partial charge in [0.05, 0.1) is 13.2 Å². The van der Waals surface area contributed by atoms with Crippen LogP contribution in [-0.2, 0) is 21.7 Å². The van der Waals surface area contributed by atoms with Crippen molar-refractivity contribution in [1.82, 2.24) is 0 Å². The number of hydrogen-bond donors (Lipinski definition) is 0. The molecule has 7 rings (SSSR count).